The van der Waals surface area contributed by atoms with Crippen LogP contribution < -0.4 is 5.73 Å². The van der Waals surface area contributed by atoms with E-state index in [9.17, 15) is 0 Å². The smallest absolute Gasteiger partial charge is 0.0876 e. The lowest BCUT2D eigenvalue weighted by atomic mass is 10.2. The fourth-order valence-corrected chi connectivity index (χ4v) is 2.79. The van der Waals surface area contributed by atoms with Crippen molar-refractivity contribution in [3.8, 4) is 0 Å². The van der Waals surface area contributed by atoms with Crippen molar-refractivity contribution < 1.29 is 4.48 Å². The predicted octanol–water partition coefficient (Wildman–Crippen LogP) is 1.27. The minimum Gasteiger partial charge on any atom is -0.330 e. The van der Waals surface area contributed by atoms with Crippen molar-refractivity contribution in [1.29, 1.82) is 0 Å². The van der Waals surface area contributed by atoms with Gasteiger partial charge in [0.1, 0.15) is 0 Å². The summed E-state index contributed by atoms with van der Waals surface area (Å²) < 4.78 is 1.32. The minimum atomic E-state index is 0.848. The monoisotopic (exact) mass is 203 g/mol. The lowest BCUT2D eigenvalue weighted by molar-refractivity contribution is -0.914. The molecule has 0 bridgehead atoms. The first-order valence-electron chi connectivity index (χ1n) is 5.49. The molecule has 0 unspecified atom stereocenters. The van der Waals surface area contributed by atoms with Gasteiger partial charge in [-0.25, -0.2) is 0 Å². The van der Waals surface area contributed by atoms with Crippen molar-refractivity contribution in [3.05, 3.63) is 0 Å². The molecular weight excluding hydrogens is 180 g/mol. The molecule has 1 aliphatic rings. The Balaban J connectivity index is 2.28. The van der Waals surface area contributed by atoms with Crippen molar-refractivity contribution in [2.45, 2.75) is 25.7 Å². The molecular formula is C10H23N2S+. The molecule has 0 aromatic carbocycles. The number of hydrogen-bond acceptors (Lipinski definition) is 2. The van der Waals surface area contributed by atoms with E-state index < -0.39 is 0 Å². The van der Waals surface area contributed by atoms with Crippen LogP contribution in [-0.4, -0.2) is 43.0 Å². The van der Waals surface area contributed by atoms with E-state index in [0.29, 0.717) is 0 Å². The molecule has 0 spiro atoms. The Bertz CT molecular complexity index is 133. The van der Waals surface area contributed by atoms with Gasteiger partial charge in [0.15, 0.2) is 0 Å². The lowest BCUT2D eigenvalue weighted by Crippen LogP contribution is -2.47. The number of thiol groups is 1. The maximum atomic E-state index is 5.51. The molecule has 1 saturated heterocycles. The van der Waals surface area contributed by atoms with Gasteiger partial charge in [-0.2, -0.15) is 12.6 Å². The topological polar surface area (TPSA) is 26.0 Å². The van der Waals surface area contributed by atoms with Crippen LogP contribution in [-0.2, 0) is 0 Å². The third kappa shape index (κ3) is 3.49. The number of nitrogens with zero attached hydrogens (tertiary/aromatic N) is 1. The van der Waals surface area contributed by atoms with Crippen LogP contribution in [0.2, 0.25) is 0 Å². The summed E-state index contributed by atoms with van der Waals surface area (Å²) in [4.78, 5) is 0. The molecule has 0 saturated carbocycles. The fraction of sp³-hybridized carbons (Fsp3) is 1.00. The Morgan fingerprint density at radius 2 is 1.77 bits per heavy atom. The van der Waals surface area contributed by atoms with Crippen molar-refractivity contribution in [1.82, 2.24) is 0 Å². The molecule has 2 N–H and O–H groups in total. The first-order valence-corrected chi connectivity index (χ1v) is 6.12. The van der Waals surface area contributed by atoms with Gasteiger partial charge in [0.2, 0.25) is 0 Å². The molecule has 1 aliphatic heterocycles. The Morgan fingerprint density at radius 3 is 2.31 bits per heavy atom. The van der Waals surface area contributed by atoms with E-state index in [-0.39, 0.29) is 0 Å². The Hall–Kier alpha value is 0.270. The van der Waals surface area contributed by atoms with Gasteiger partial charge in [-0.3, -0.25) is 0 Å². The highest BCUT2D eigenvalue weighted by Gasteiger charge is 2.29. The van der Waals surface area contributed by atoms with Crippen molar-refractivity contribution in [2.75, 3.05) is 38.5 Å². The molecule has 1 heterocycles. The Kier molecular flexibility index (Phi) is 5.14. The SMILES string of the molecule is NCCCC[N+]1(CCS)CCCC1. The van der Waals surface area contributed by atoms with E-state index in [0.717, 1.165) is 12.3 Å². The van der Waals surface area contributed by atoms with Gasteiger partial charge in [-0.15, -0.1) is 0 Å². The minimum absolute atomic E-state index is 0.848. The molecule has 3 heteroatoms. The van der Waals surface area contributed by atoms with Crippen LogP contribution in [0, 0.1) is 0 Å². The molecule has 0 aromatic rings. The first-order chi connectivity index (χ1) is 6.33. The third-order valence-corrected chi connectivity index (χ3v) is 3.38. The highest BCUT2D eigenvalue weighted by atomic mass is 32.1. The molecule has 13 heavy (non-hydrogen) atoms. The average molecular weight is 203 g/mol. The molecule has 1 fully saturated rings. The van der Waals surface area contributed by atoms with E-state index in [1.165, 1.54) is 56.3 Å². The standard InChI is InChI=1S/C10H22N2S/c11-5-1-2-6-12(9-10-13)7-3-4-8-12/h1-11H2/p+1. The lowest BCUT2D eigenvalue weighted by Gasteiger charge is -2.33. The summed E-state index contributed by atoms with van der Waals surface area (Å²) in [6, 6.07) is 0. The number of likely N-dealkylation sites (tertiary alicyclic amines) is 1. The zero-order valence-corrected chi connectivity index (χ0v) is 9.44. The van der Waals surface area contributed by atoms with Gasteiger partial charge < -0.3 is 10.2 Å². The van der Waals surface area contributed by atoms with Crippen LogP contribution in [0.25, 0.3) is 0 Å². The summed E-state index contributed by atoms with van der Waals surface area (Å²) in [6.45, 7) is 6.20. The zero-order valence-electron chi connectivity index (χ0n) is 8.54. The van der Waals surface area contributed by atoms with Crippen molar-refractivity contribution in [3.63, 3.8) is 0 Å². The van der Waals surface area contributed by atoms with Gasteiger partial charge >= 0.3 is 0 Å². The highest BCUT2D eigenvalue weighted by Crippen LogP contribution is 2.20. The Morgan fingerprint density at radius 1 is 1.08 bits per heavy atom. The summed E-state index contributed by atoms with van der Waals surface area (Å²) in [7, 11) is 0. The van der Waals surface area contributed by atoms with E-state index >= 15 is 0 Å². The molecule has 0 aliphatic carbocycles. The summed E-state index contributed by atoms with van der Waals surface area (Å²) in [6.07, 6.45) is 5.31. The summed E-state index contributed by atoms with van der Waals surface area (Å²) in [5.74, 6) is 1.03. The second kappa shape index (κ2) is 5.89. The molecule has 1 rings (SSSR count). The number of rotatable bonds is 6. The van der Waals surface area contributed by atoms with Gasteiger partial charge in [0.05, 0.1) is 26.2 Å². The van der Waals surface area contributed by atoms with Crippen LogP contribution in [0.4, 0.5) is 0 Å². The molecule has 78 valence electrons. The van der Waals surface area contributed by atoms with Crippen LogP contribution in [0.1, 0.15) is 25.7 Å². The van der Waals surface area contributed by atoms with Crippen LogP contribution in [0.3, 0.4) is 0 Å². The number of quaternary nitrogens is 1. The van der Waals surface area contributed by atoms with Crippen LogP contribution >= 0.6 is 12.6 Å². The highest BCUT2D eigenvalue weighted by molar-refractivity contribution is 7.80. The third-order valence-electron chi connectivity index (χ3n) is 3.18. The largest absolute Gasteiger partial charge is 0.330 e. The summed E-state index contributed by atoms with van der Waals surface area (Å²) in [5, 5.41) is 0. The van der Waals surface area contributed by atoms with Crippen molar-refractivity contribution >= 4 is 12.6 Å². The fourth-order valence-electron chi connectivity index (χ4n) is 2.37. The maximum absolute atomic E-state index is 5.51. The number of unbranched alkanes of at least 4 members (excludes halogenated alkanes) is 1. The second-order valence-corrected chi connectivity index (χ2v) is 4.61. The van der Waals surface area contributed by atoms with Gasteiger partial charge in [0, 0.05) is 18.6 Å². The normalized spacial score (nSPS) is 20.8. The summed E-state index contributed by atoms with van der Waals surface area (Å²) in [5.41, 5.74) is 5.51. The van der Waals surface area contributed by atoms with Crippen molar-refractivity contribution in [2.24, 2.45) is 5.73 Å². The molecule has 2 nitrogen and oxygen atoms in total. The number of hydrogen-bond donors (Lipinski definition) is 2. The maximum Gasteiger partial charge on any atom is 0.0876 e. The Labute approximate surface area is 87.5 Å². The quantitative estimate of drug-likeness (QED) is 0.379. The average Bonchev–Trinajstić information content (AvgIpc) is 2.55. The second-order valence-electron chi connectivity index (χ2n) is 4.16. The van der Waals surface area contributed by atoms with Crippen LogP contribution in [0.15, 0.2) is 0 Å². The van der Waals surface area contributed by atoms with E-state index in [1.807, 2.05) is 0 Å². The summed E-state index contributed by atoms with van der Waals surface area (Å²) >= 11 is 4.35. The van der Waals surface area contributed by atoms with Gasteiger partial charge in [0.25, 0.3) is 0 Å². The zero-order chi connectivity index (χ0) is 9.57. The molecule has 0 radical (unpaired) electrons. The van der Waals surface area contributed by atoms with E-state index in [2.05, 4.69) is 12.6 Å². The predicted molar refractivity (Wildman–Crippen MR) is 61.1 cm³/mol. The molecule has 0 aromatic heterocycles. The first kappa shape index (κ1) is 11.3. The van der Waals surface area contributed by atoms with E-state index in [1.54, 1.807) is 0 Å². The number of nitrogens with two attached hydrogens (primary N) is 1. The van der Waals surface area contributed by atoms with Gasteiger partial charge in [-0.1, -0.05) is 0 Å². The van der Waals surface area contributed by atoms with Crippen LogP contribution in [0.5, 0.6) is 0 Å². The molecule has 0 atom stereocenters. The van der Waals surface area contributed by atoms with Gasteiger partial charge in [-0.05, 0) is 19.4 Å². The van der Waals surface area contributed by atoms with E-state index in [4.69, 9.17) is 5.73 Å². The molecule has 0 amide bonds.